The maximum atomic E-state index is 5.84. The van der Waals surface area contributed by atoms with Gasteiger partial charge in [-0.1, -0.05) is 64.0 Å². The van der Waals surface area contributed by atoms with Crippen molar-refractivity contribution in [3.05, 3.63) is 27.7 Å². The molecule has 20 heavy (non-hydrogen) atoms. The fourth-order valence-electron chi connectivity index (χ4n) is 2.26. The van der Waals surface area contributed by atoms with E-state index in [1.807, 2.05) is 0 Å². The zero-order valence-electron chi connectivity index (χ0n) is 12.7. The minimum Gasteiger partial charge on any atom is -0.494 e. The van der Waals surface area contributed by atoms with Gasteiger partial charge in [-0.2, -0.15) is 0 Å². The number of rotatable bonds is 10. The second kappa shape index (κ2) is 10.7. The van der Waals surface area contributed by atoms with Crippen LogP contribution >= 0.6 is 31.9 Å². The van der Waals surface area contributed by atoms with Crippen LogP contribution in [0.5, 0.6) is 5.75 Å². The molecular weight excluding hydrogens is 380 g/mol. The molecule has 0 spiro atoms. The second-order valence-electron chi connectivity index (χ2n) is 5.38. The topological polar surface area (TPSA) is 9.23 Å². The third kappa shape index (κ3) is 7.12. The van der Waals surface area contributed by atoms with E-state index in [0.717, 1.165) is 24.1 Å². The molecule has 0 N–H and O–H groups in total. The fourth-order valence-corrected chi connectivity index (χ4v) is 2.89. The van der Waals surface area contributed by atoms with Gasteiger partial charge in [0.1, 0.15) is 5.75 Å². The van der Waals surface area contributed by atoms with Gasteiger partial charge in [-0.25, -0.2) is 0 Å². The van der Waals surface area contributed by atoms with E-state index in [9.17, 15) is 0 Å². The van der Waals surface area contributed by atoms with Crippen molar-refractivity contribution in [3.8, 4) is 5.75 Å². The van der Waals surface area contributed by atoms with E-state index in [4.69, 9.17) is 4.74 Å². The molecule has 114 valence electrons. The molecule has 0 amide bonds. The SMILES string of the molecule is Cc1cc(OCCCCCCCCCBr)cc(C)c1Br. The Morgan fingerprint density at radius 1 is 0.850 bits per heavy atom. The molecule has 0 saturated heterocycles. The quantitative estimate of drug-likeness (QED) is 0.316. The molecule has 0 unspecified atom stereocenters. The van der Waals surface area contributed by atoms with Crippen LogP contribution in [0.4, 0.5) is 0 Å². The molecule has 3 heteroatoms. The van der Waals surface area contributed by atoms with Crippen molar-refractivity contribution in [2.24, 2.45) is 0 Å². The lowest BCUT2D eigenvalue weighted by Gasteiger charge is -2.10. The van der Waals surface area contributed by atoms with E-state index in [0.29, 0.717) is 0 Å². The highest BCUT2D eigenvalue weighted by Crippen LogP contribution is 2.26. The van der Waals surface area contributed by atoms with Crippen molar-refractivity contribution in [2.45, 2.75) is 58.8 Å². The second-order valence-corrected chi connectivity index (χ2v) is 6.97. The summed E-state index contributed by atoms with van der Waals surface area (Å²) in [6, 6.07) is 4.22. The van der Waals surface area contributed by atoms with Gasteiger partial charge in [0.25, 0.3) is 0 Å². The highest BCUT2D eigenvalue weighted by atomic mass is 79.9. The van der Waals surface area contributed by atoms with Crippen LogP contribution in [0.1, 0.15) is 56.1 Å². The predicted molar refractivity (Wildman–Crippen MR) is 95.2 cm³/mol. The van der Waals surface area contributed by atoms with Gasteiger partial charge in [0.05, 0.1) is 6.61 Å². The van der Waals surface area contributed by atoms with Gasteiger partial charge in [0.15, 0.2) is 0 Å². The smallest absolute Gasteiger partial charge is 0.119 e. The van der Waals surface area contributed by atoms with Crippen LogP contribution in [0.3, 0.4) is 0 Å². The minimum atomic E-state index is 0.835. The first-order valence-corrected chi connectivity index (χ1v) is 9.52. The summed E-state index contributed by atoms with van der Waals surface area (Å²) in [6.45, 7) is 5.05. The van der Waals surface area contributed by atoms with E-state index in [1.54, 1.807) is 0 Å². The Kier molecular flexibility index (Phi) is 9.62. The summed E-state index contributed by atoms with van der Waals surface area (Å²) in [4.78, 5) is 0. The highest BCUT2D eigenvalue weighted by Gasteiger charge is 2.02. The van der Waals surface area contributed by atoms with Crippen molar-refractivity contribution < 1.29 is 4.74 Å². The summed E-state index contributed by atoms with van der Waals surface area (Å²) < 4.78 is 7.03. The summed E-state index contributed by atoms with van der Waals surface area (Å²) in [5, 5.41) is 1.15. The maximum absolute atomic E-state index is 5.84. The molecular formula is C17H26Br2O. The number of alkyl halides is 1. The molecule has 0 fully saturated rings. The van der Waals surface area contributed by atoms with E-state index in [-0.39, 0.29) is 0 Å². The predicted octanol–water partition coefficient (Wildman–Crippen LogP) is 6.57. The zero-order chi connectivity index (χ0) is 14.8. The van der Waals surface area contributed by atoms with Crippen LogP contribution in [0, 0.1) is 13.8 Å². The highest BCUT2D eigenvalue weighted by molar-refractivity contribution is 9.10. The lowest BCUT2D eigenvalue weighted by Crippen LogP contribution is -1.98. The lowest BCUT2D eigenvalue weighted by atomic mass is 10.1. The Bertz CT molecular complexity index is 368. The van der Waals surface area contributed by atoms with E-state index >= 15 is 0 Å². The van der Waals surface area contributed by atoms with Crippen LogP contribution in [-0.2, 0) is 0 Å². The Hall–Kier alpha value is -0.0200. The molecule has 0 aliphatic rings. The maximum Gasteiger partial charge on any atom is 0.119 e. The monoisotopic (exact) mass is 404 g/mol. The number of benzene rings is 1. The van der Waals surface area contributed by atoms with E-state index in [2.05, 4.69) is 57.8 Å². The molecule has 1 rings (SSSR count). The molecule has 0 atom stereocenters. The molecule has 0 aliphatic heterocycles. The van der Waals surface area contributed by atoms with Gasteiger partial charge in [0, 0.05) is 9.80 Å². The molecule has 0 radical (unpaired) electrons. The minimum absolute atomic E-state index is 0.835. The Labute approximate surface area is 140 Å². The number of hydrogen-bond donors (Lipinski definition) is 0. The van der Waals surface area contributed by atoms with Crippen LogP contribution in [0.15, 0.2) is 16.6 Å². The molecule has 0 aromatic heterocycles. The third-order valence-electron chi connectivity index (χ3n) is 3.46. The standard InChI is InChI=1S/C17H26Br2O/c1-14-12-16(13-15(2)17(14)19)20-11-9-7-5-3-4-6-8-10-18/h12-13H,3-11H2,1-2H3. The van der Waals surface area contributed by atoms with Crippen molar-refractivity contribution in [3.63, 3.8) is 0 Å². The third-order valence-corrected chi connectivity index (χ3v) is 5.27. The number of hydrogen-bond acceptors (Lipinski definition) is 1. The molecule has 1 aromatic rings. The fraction of sp³-hybridized carbons (Fsp3) is 0.647. The van der Waals surface area contributed by atoms with Gasteiger partial charge in [-0.15, -0.1) is 0 Å². The van der Waals surface area contributed by atoms with E-state index < -0.39 is 0 Å². The number of halogens is 2. The van der Waals surface area contributed by atoms with E-state index in [1.165, 1.54) is 54.1 Å². The normalized spacial score (nSPS) is 10.8. The summed E-state index contributed by atoms with van der Waals surface area (Å²) in [6.07, 6.45) is 9.19. The van der Waals surface area contributed by atoms with Gasteiger partial charge < -0.3 is 4.74 Å². The number of aryl methyl sites for hydroxylation is 2. The summed E-state index contributed by atoms with van der Waals surface area (Å²) in [7, 11) is 0. The van der Waals surface area contributed by atoms with Crippen molar-refractivity contribution in [1.29, 1.82) is 0 Å². The van der Waals surface area contributed by atoms with Crippen molar-refractivity contribution in [2.75, 3.05) is 11.9 Å². The number of unbranched alkanes of at least 4 members (excludes halogenated alkanes) is 6. The molecule has 0 saturated carbocycles. The zero-order valence-corrected chi connectivity index (χ0v) is 15.9. The first-order valence-electron chi connectivity index (χ1n) is 7.60. The molecule has 0 aliphatic carbocycles. The molecule has 0 bridgehead atoms. The molecule has 1 aromatic carbocycles. The first kappa shape index (κ1) is 18.0. The van der Waals surface area contributed by atoms with Gasteiger partial charge in [-0.05, 0) is 49.9 Å². The average molecular weight is 406 g/mol. The Balaban J connectivity index is 2.10. The van der Waals surface area contributed by atoms with Crippen LogP contribution < -0.4 is 4.74 Å². The largest absolute Gasteiger partial charge is 0.494 e. The summed E-state index contributed by atoms with van der Waals surface area (Å²) in [5.74, 6) is 1.00. The summed E-state index contributed by atoms with van der Waals surface area (Å²) in [5.41, 5.74) is 2.48. The van der Waals surface area contributed by atoms with Crippen LogP contribution in [0.25, 0.3) is 0 Å². The molecule has 1 nitrogen and oxygen atoms in total. The van der Waals surface area contributed by atoms with Gasteiger partial charge in [0.2, 0.25) is 0 Å². The Morgan fingerprint density at radius 3 is 1.90 bits per heavy atom. The van der Waals surface area contributed by atoms with Crippen molar-refractivity contribution >= 4 is 31.9 Å². The van der Waals surface area contributed by atoms with Gasteiger partial charge >= 0.3 is 0 Å². The summed E-state index contributed by atoms with van der Waals surface area (Å²) >= 11 is 7.05. The van der Waals surface area contributed by atoms with Gasteiger partial charge in [-0.3, -0.25) is 0 Å². The van der Waals surface area contributed by atoms with Crippen LogP contribution in [-0.4, -0.2) is 11.9 Å². The number of ether oxygens (including phenoxy) is 1. The molecule has 0 heterocycles. The Morgan fingerprint density at radius 2 is 1.35 bits per heavy atom. The van der Waals surface area contributed by atoms with Crippen molar-refractivity contribution in [1.82, 2.24) is 0 Å². The average Bonchev–Trinajstić information content (AvgIpc) is 2.43. The van der Waals surface area contributed by atoms with Crippen LogP contribution in [0.2, 0.25) is 0 Å². The first-order chi connectivity index (χ1) is 9.65. The lowest BCUT2D eigenvalue weighted by molar-refractivity contribution is 0.304.